The normalized spacial score (nSPS) is 16.7. The van der Waals surface area contributed by atoms with Crippen LogP contribution in [0.5, 0.6) is 0 Å². The number of aromatic nitrogens is 3. The second-order valence-electron chi connectivity index (χ2n) is 8.77. The summed E-state index contributed by atoms with van der Waals surface area (Å²) >= 11 is 0. The first-order chi connectivity index (χ1) is 16.3. The van der Waals surface area contributed by atoms with Gasteiger partial charge in [-0.15, -0.1) is 0 Å². The number of urea groups is 1. The number of carbonyl (C=O) groups is 1. The van der Waals surface area contributed by atoms with Crippen LogP contribution in [-0.2, 0) is 6.42 Å². The minimum absolute atomic E-state index is 0.104. The lowest BCUT2D eigenvalue weighted by molar-refractivity contribution is 0.181. The number of para-hydroxylation sites is 2. The predicted molar refractivity (Wildman–Crippen MR) is 126 cm³/mol. The van der Waals surface area contributed by atoms with Crippen molar-refractivity contribution in [1.82, 2.24) is 20.0 Å². The van der Waals surface area contributed by atoms with Crippen LogP contribution in [0, 0.1) is 0 Å². The van der Waals surface area contributed by atoms with E-state index in [4.69, 9.17) is 4.52 Å². The molecular weight excluding hydrogens is 414 g/mol. The maximum absolute atomic E-state index is 13.2. The molecule has 2 aromatic carbocycles. The minimum atomic E-state index is 0.104. The Morgan fingerprint density at radius 2 is 1.73 bits per heavy atom. The van der Waals surface area contributed by atoms with Gasteiger partial charge < -0.3 is 9.42 Å². The number of fused-ring (bicyclic) bond motifs is 2. The van der Waals surface area contributed by atoms with Gasteiger partial charge in [-0.2, -0.15) is 4.98 Å². The van der Waals surface area contributed by atoms with Gasteiger partial charge >= 0.3 is 6.03 Å². The molecule has 0 N–H and O–H groups in total. The van der Waals surface area contributed by atoms with Crippen molar-refractivity contribution in [1.29, 1.82) is 0 Å². The fourth-order valence-corrected chi connectivity index (χ4v) is 4.92. The Balaban J connectivity index is 1.13. The first kappa shape index (κ1) is 19.9. The number of nitrogens with zero attached hydrogens (tertiary/aromatic N) is 5. The largest absolute Gasteiger partial charge is 0.339 e. The molecule has 2 aromatic heterocycles. The first-order valence-electron chi connectivity index (χ1n) is 11.6. The van der Waals surface area contributed by atoms with Crippen LogP contribution in [0.4, 0.5) is 10.5 Å². The van der Waals surface area contributed by atoms with Crippen molar-refractivity contribution < 1.29 is 9.32 Å². The van der Waals surface area contributed by atoms with E-state index in [0.29, 0.717) is 30.5 Å². The standard InChI is InChI=1S/C26H25N5O2/c32-26(31-15-5-8-19-7-2-4-10-23(19)31)30-16-13-20(14-17-30)25-28-24(29-33-25)22-12-11-18-6-1-3-9-21(18)27-22/h1-4,6-7,9-12,20H,5,8,13-17H2. The van der Waals surface area contributed by atoms with Gasteiger partial charge in [-0.1, -0.05) is 47.6 Å². The summed E-state index contributed by atoms with van der Waals surface area (Å²) in [5.74, 6) is 1.30. The molecule has 0 saturated carbocycles. The Morgan fingerprint density at radius 1 is 0.909 bits per heavy atom. The van der Waals surface area contributed by atoms with Crippen LogP contribution in [0.2, 0.25) is 0 Å². The van der Waals surface area contributed by atoms with Gasteiger partial charge in [-0.25, -0.2) is 9.78 Å². The molecular formula is C26H25N5O2. The maximum Gasteiger partial charge on any atom is 0.324 e. The monoisotopic (exact) mass is 439 g/mol. The highest BCUT2D eigenvalue weighted by atomic mass is 16.5. The van der Waals surface area contributed by atoms with Crippen LogP contribution >= 0.6 is 0 Å². The molecule has 0 aliphatic carbocycles. The second kappa shape index (κ2) is 8.31. The van der Waals surface area contributed by atoms with Crippen molar-refractivity contribution in [2.45, 2.75) is 31.6 Å². The summed E-state index contributed by atoms with van der Waals surface area (Å²) < 4.78 is 5.61. The number of benzene rings is 2. The first-order valence-corrected chi connectivity index (χ1v) is 11.6. The summed E-state index contributed by atoms with van der Waals surface area (Å²) in [6.07, 6.45) is 3.67. The molecule has 1 fully saturated rings. The van der Waals surface area contributed by atoms with E-state index in [1.54, 1.807) is 0 Å². The fourth-order valence-electron chi connectivity index (χ4n) is 4.92. The van der Waals surface area contributed by atoms with Crippen LogP contribution in [0.15, 0.2) is 65.2 Å². The second-order valence-corrected chi connectivity index (χ2v) is 8.77. The Kier molecular flexibility index (Phi) is 5.02. The summed E-state index contributed by atoms with van der Waals surface area (Å²) in [7, 11) is 0. The van der Waals surface area contributed by atoms with Gasteiger partial charge in [0.15, 0.2) is 0 Å². The molecule has 4 heterocycles. The van der Waals surface area contributed by atoms with Crippen LogP contribution in [0.1, 0.15) is 36.6 Å². The van der Waals surface area contributed by atoms with Crippen molar-refractivity contribution in [2.75, 3.05) is 24.5 Å². The van der Waals surface area contributed by atoms with E-state index < -0.39 is 0 Å². The zero-order chi connectivity index (χ0) is 22.2. The third kappa shape index (κ3) is 3.73. The predicted octanol–water partition coefficient (Wildman–Crippen LogP) is 5.04. The van der Waals surface area contributed by atoms with Gasteiger partial charge in [0, 0.05) is 36.6 Å². The van der Waals surface area contributed by atoms with Gasteiger partial charge in [-0.05, 0) is 49.4 Å². The molecule has 1 saturated heterocycles. The molecule has 166 valence electrons. The average molecular weight is 440 g/mol. The summed E-state index contributed by atoms with van der Waals surface area (Å²) in [5.41, 5.74) is 3.93. The van der Waals surface area contributed by atoms with Gasteiger partial charge in [0.05, 0.1) is 5.52 Å². The number of likely N-dealkylation sites (tertiary alicyclic amines) is 1. The number of anilines is 1. The van der Waals surface area contributed by atoms with E-state index in [9.17, 15) is 4.79 Å². The molecule has 2 amide bonds. The smallest absolute Gasteiger partial charge is 0.324 e. The maximum atomic E-state index is 13.2. The molecule has 0 radical (unpaired) electrons. The van der Waals surface area contributed by atoms with Crippen molar-refractivity contribution in [3.63, 3.8) is 0 Å². The Labute approximate surface area is 192 Å². The number of amides is 2. The summed E-state index contributed by atoms with van der Waals surface area (Å²) in [4.78, 5) is 26.5. The van der Waals surface area contributed by atoms with E-state index in [1.807, 2.05) is 58.3 Å². The number of carbonyl (C=O) groups excluding carboxylic acids is 1. The van der Waals surface area contributed by atoms with Gasteiger partial charge in [0.2, 0.25) is 11.7 Å². The van der Waals surface area contributed by atoms with Gasteiger partial charge in [-0.3, -0.25) is 4.90 Å². The molecule has 6 rings (SSSR count). The zero-order valence-electron chi connectivity index (χ0n) is 18.4. The van der Waals surface area contributed by atoms with Crippen molar-refractivity contribution in [3.05, 3.63) is 72.1 Å². The van der Waals surface area contributed by atoms with E-state index >= 15 is 0 Å². The van der Waals surface area contributed by atoms with Gasteiger partial charge in [0.25, 0.3) is 0 Å². The molecule has 7 nitrogen and oxygen atoms in total. The highest BCUT2D eigenvalue weighted by molar-refractivity contribution is 5.93. The molecule has 7 heteroatoms. The number of rotatable bonds is 2. The van der Waals surface area contributed by atoms with Crippen molar-refractivity contribution in [2.24, 2.45) is 0 Å². The average Bonchev–Trinajstić information content (AvgIpc) is 3.38. The molecule has 4 aromatic rings. The highest BCUT2D eigenvalue weighted by Gasteiger charge is 2.31. The Hall–Kier alpha value is -3.74. The topological polar surface area (TPSA) is 75.4 Å². The number of pyridine rings is 1. The van der Waals surface area contributed by atoms with E-state index in [0.717, 1.165) is 48.8 Å². The summed E-state index contributed by atoms with van der Waals surface area (Å²) in [6, 6.07) is 20.3. The van der Waals surface area contributed by atoms with Crippen molar-refractivity contribution in [3.8, 4) is 11.5 Å². The lowest BCUT2D eigenvalue weighted by Crippen LogP contribution is -2.48. The van der Waals surface area contributed by atoms with Crippen LogP contribution in [0.25, 0.3) is 22.4 Å². The Morgan fingerprint density at radius 3 is 2.64 bits per heavy atom. The quantitative estimate of drug-likeness (QED) is 0.438. The molecule has 33 heavy (non-hydrogen) atoms. The molecule has 0 spiro atoms. The summed E-state index contributed by atoms with van der Waals surface area (Å²) in [6.45, 7) is 2.16. The lowest BCUT2D eigenvalue weighted by Gasteiger charge is -2.37. The minimum Gasteiger partial charge on any atom is -0.339 e. The summed E-state index contributed by atoms with van der Waals surface area (Å²) in [5, 5.41) is 5.27. The fraction of sp³-hybridized carbons (Fsp3) is 0.308. The molecule has 2 aliphatic heterocycles. The van der Waals surface area contributed by atoms with Crippen LogP contribution in [-0.4, -0.2) is 45.7 Å². The van der Waals surface area contributed by atoms with E-state index in [1.165, 1.54) is 5.56 Å². The van der Waals surface area contributed by atoms with E-state index in [2.05, 4.69) is 27.3 Å². The SMILES string of the molecule is O=C(N1CCC(c2nc(-c3ccc4ccccc4n3)no2)CC1)N1CCCc2ccccc21. The third-order valence-electron chi connectivity index (χ3n) is 6.73. The van der Waals surface area contributed by atoms with Crippen molar-refractivity contribution >= 4 is 22.6 Å². The third-order valence-corrected chi connectivity index (χ3v) is 6.73. The molecule has 2 aliphatic rings. The number of aryl methyl sites for hydroxylation is 1. The van der Waals surface area contributed by atoms with Crippen LogP contribution in [0.3, 0.4) is 0 Å². The number of piperidine rings is 1. The van der Waals surface area contributed by atoms with E-state index in [-0.39, 0.29) is 11.9 Å². The zero-order valence-corrected chi connectivity index (χ0v) is 18.4. The highest BCUT2D eigenvalue weighted by Crippen LogP contribution is 2.32. The van der Waals surface area contributed by atoms with Gasteiger partial charge in [0.1, 0.15) is 5.69 Å². The Bertz CT molecular complexity index is 1310. The van der Waals surface area contributed by atoms with Crippen LogP contribution < -0.4 is 4.90 Å². The number of hydrogen-bond acceptors (Lipinski definition) is 5. The number of hydrogen-bond donors (Lipinski definition) is 0. The lowest BCUT2D eigenvalue weighted by atomic mass is 9.96. The molecule has 0 unspecified atom stereocenters. The molecule has 0 atom stereocenters. The molecule has 0 bridgehead atoms.